The van der Waals surface area contributed by atoms with Crippen LogP contribution in [0.25, 0.3) is 0 Å². The van der Waals surface area contributed by atoms with Crippen molar-refractivity contribution in [3.05, 3.63) is 44.6 Å². The summed E-state index contributed by atoms with van der Waals surface area (Å²) in [4.78, 5) is 1.16. The SMILES string of the molecule is COc1cccc(CCN)c1OCc1cc(Br)cs1. The Hall–Kier alpha value is -1.04. The Morgan fingerprint density at radius 1 is 1.37 bits per heavy atom. The average Bonchev–Trinajstić information content (AvgIpc) is 2.83. The molecule has 102 valence electrons. The maximum absolute atomic E-state index is 5.92. The van der Waals surface area contributed by atoms with Crippen molar-refractivity contribution in [3.63, 3.8) is 0 Å². The summed E-state index contributed by atoms with van der Waals surface area (Å²) in [6.45, 7) is 1.13. The van der Waals surface area contributed by atoms with E-state index >= 15 is 0 Å². The fourth-order valence-electron chi connectivity index (χ4n) is 1.81. The van der Waals surface area contributed by atoms with Gasteiger partial charge in [0.15, 0.2) is 11.5 Å². The van der Waals surface area contributed by atoms with Crippen molar-refractivity contribution in [3.8, 4) is 11.5 Å². The summed E-state index contributed by atoms with van der Waals surface area (Å²) in [6.07, 6.45) is 0.778. The van der Waals surface area contributed by atoms with Crippen LogP contribution < -0.4 is 15.2 Å². The predicted molar refractivity (Wildman–Crippen MR) is 82.1 cm³/mol. The zero-order valence-electron chi connectivity index (χ0n) is 10.7. The molecule has 0 saturated heterocycles. The summed E-state index contributed by atoms with van der Waals surface area (Å²) < 4.78 is 12.4. The topological polar surface area (TPSA) is 44.5 Å². The Labute approximate surface area is 125 Å². The number of rotatable bonds is 6. The van der Waals surface area contributed by atoms with E-state index in [-0.39, 0.29) is 0 Å². The molecule has 1 aromatic heterocycles. The first-order valence-corrected chi connectivity index (χ1v) is 7.63. The van der Waals surface area contributed by atoms with E-state index in [0.717, 1.165) is 32.8 Å². The third-order valence-corrected chi connectivity index (χ3v) is 4.35. The summed E-state index contributed by atoms with van der Waals surface area (Å²) in [5.41, 5.74) is 6.71. The van der Waals surface area contributed by atoms with Gasteiger partial charge in [-0.2, -0.15) is 0 Å². The van der Waals surface area contributed by atoms with E-state index in [1.807, 2.05) is 23.6 Å². The number of halogens is 1. The monoisotopic (exact) mass is 341 g/mol. The van der Waals surface area contributed by atoms with Crippen molar-refractivity contribution < 1.29 is 9.47 Å². The Morgan fingerprint density at radius 2 is 2.21 bits per heavy atom. The van der Waals surface area contributed by atoms with Crippen LogP contribution in [0.5, 0.6) is 11.5 Å². The van der Waals surface area contributed by atoms with Crippen molar-refractivity contribution in [2.24, 2.45) is 5.73 Å². The van der Waals surface area contributed by atoms with Crippen LogP contribution in [0.1, 0.15) is 10.4 Å². The molecular weight excluding hydrogens is 326 g/mol. The van der Waals surface area contributed by atoms with Gasteiger partial charge in [-0.05, 0) is 46.6 Å². The van der Waals surface area contributed by atoms with E-state index < -0.39 is 0 Å². The number of thiophene rings is 1. The summed E-state index contributed by atoms with van der Waals surface area (Å²) in [5, 5.41) is 2.04. The molecule has 2 rings (SSSR count). The fourth-order valence-corrected chi connectivity index (χ4v) is 3.17. The Bertz CT molecular complexity index is 542. The van der Waals surface area contributed by atoms with Crippen LogP contribution >= 0.6 is 27.3 Å². The molecule has 2 N–H and O–H groups in total. The van der Waals surface area contributed by atoms with Gasteiger partial charge in [-0.1, -0.05) is 12.1 Å². The van der Waals surface area contributed by atoms with E-state index in [1.54, 1.807) is 18.4 Å². The van der Waals surface area contributed by atoms with Gasteiger partial charge in [0.2, 0.25) is 0 Å². The standard InChI is InChI=1S/C14H16BrNO2S/c1-17-13-4-2-3-10(5-6-16)14(13)18-8-12-7-11(15)9-19-12/h2-4,7,9H,5-6,8,16H2,1H3. The molecule has 3 nitrogen and oxygen atoms in total. The van der Waals surface area contributed by atoms with Crippen molar-refractivity contribution in [1.82, 2.24) is 0 Å². The molecule has 5 heteroatoms. The maximum atomic E-state index is 5.92. The molecule has 0 bridgehead atoms. The summed E-state index contributed by atoms with van der Waals surface area (Å²) in [5.74, 6) is 1.54. The quantitative estimate of drug-likeness (QED) is 0.872. The number of hydrogen-bond acceptors (Lipinski definition) is 4. The highest BCUT2D eigenvalue weighted by Crippen LogP contribution is 2.32. The van der Waals surface area contributed by atoms with Crippen molar-refractivity contribution >= 4 is 27.3 Å². The van der Waals surface area contributed by atoms with Gasteiger partial charge in [-0.25, -0.2) is 0 Å². The molecule has 0 saturated carbocycles. The number of para-hydroxylation sites is 1. The minimum Gasteiger partial charge on any atom is -0.493 e. The minimum absolute atomic E-state index is 0.536. The zero-order chi connectivity index (χ0) is 13.7. The number of methoxy groups -OCH3 is 1. The average molecular weight is 342 g/mol. The lowest BCUT2D eigenvalue weighted by Gasteiger charge is -2.14. The van der Waals surface area contributed by atoms with Crippen LogP contribution in [0.2, 0.25) is 0 Å². The molecule has 0 atom stereocenters. The molecule has 0 radical (unpaired) electrons. The molecule has 0 amide bonds. The van der Waals surface area contributed by atoms with Crippen molar-refractivity contribution in [1.29, 1.82) is 0 Å². The lowest BCUT2D eigenvalue weighted by molar-refractivity contribution is 0.284. The molecule has 0 unspecified atom stereocenters. The van der Waals surface area contributed by atoms with Gasteiger partial charge in [-0.15, -0.1) is 11.3 Å². The summed E-state index contributed by atoms with van der Waals surface area (Å²) >= 11 is 5.10. The van der Waals surface area contributed by atoms with Crippen LogP contribution in [-0.4, -0.2) is 13.7 Å². The Kier molecular flexibility index (Phi) is 5.24. The van der Waals surface area contributed by atoms with Gasteiger partial charge in [0.25, 0.3) is 0 Å². The van der Waals surface area contributed by atoms with Crippen LogP contribution in [0.4, 0.5) is 0 Å². The number of ether oxygens (including phenoxy) is 2. The van der Waals surface area contributed by atoms with Gasteiger partial charge < -0.3 is 15.2 Å². The third-order valence-electron chi connectivity index (χ3n) is 2.67. The third kappa shape index (κ3) is 3.72. The van der Waals surface area contributed by atoms with Crippen molar-refractivity contribution in [2.75, 3.05) is 13.7 Å². The smallest absolute Gasteiger partial charge is 0.164 e. The molecule has 0 aliphatic heterocycles. The van der Waals surface area contributed by atoms with Gasteiger partial charge in [-0.3, -0.25) is 0 Å². The highest BCUT2D eigenvalue weighted by atomic mass is 79.9. The lowest BCUT2D eigenvalue weighted by Crippen LogP contribution is -2.06. The van der Waals surface area contributed by atoms with E-state index in [9.17, 15) is 0 Å². The number of hydrogen-bond donors (Lipinski definition) is 1. The lowest BCUT2D eigenvalue weighted by atomic mass is 10.1. The van der Waals surface area contributed by atoms with Gasteiger partial charge in [0.1, 0.15) is 6.61 Å². The normalized spacial score (nSPS) is 10.5. The predicted octanol–water partition coefficient (Wildman–Crippen LogP) is 3.60. The molecular formula is C14H16BrNO2S. The first-order valence-electron chi connectivity index (χ1n) is 5.96. The van der Waals surface area contributed by atoms with E-state index in [4.69, 9.17) is 15.2 Å². The van der Waals surface area contributed by atoms with Gasteiger partial charge in [0.05, 0.1) is 7.11 Å². The molecule has 1 heterocycles. The Balaban J connectivity index is 2.17. The Morgan fingerprint density at radius 3 is 2.84 bits per heavy atom. The molecule has 0 aliphatic rings. The van der Waals surface area contributed by atoms with Gasteiger partial charge in [0, 0.05) is 14.7 Å². The van der Waals surface area contributed by atoms with Crippen molar-refractivity contribution in [2.45, 2.75) is 13.0 Å². The molecule has 1 aromatic carbocycles. The molecule has 2 aromatic rings. The molecule has 0 aliphatic carbocycles. The number of benzene rings is 1. The summed E-state index contributed by atoms with van der Waals surface area (Å²) in [7, 11) is 1.65. The number of nitrogens with two attached hydrogens (primary N) is 1. The first kappa shape index (κ1) is 14.4. The van der Waals surface area contributed by atoms with Crippen LogP contribution in [0.15, 0.2) is 34.1 Å². The summed E-state index contributed by atoms with van der Waals surface area (Å²) in [6, 6.07) is 7.94. The second-order valence-corrected chi connectivity index (χ2v) is 5.92. The zero-order valence-corrected chi connectivity index (χ0v) is 13.1. The minimum atomic E-state index is 0.536. The maximum Gasteiger partial charge on any atom is 0.164 e. The van der Waals surface area contributed by atoms with E-state index in [2.05, 4.69) is 22.0 Å². The first-order chi connectivity index (χ1) is 9.24. The van der Waals surface area contributed by atoms with Crippen LogP contribution in [0, 0.1) is 0 Å². The largest absolute Gasteiger partial charge is 0.493 e. The van der Waals surface area contributed by atoms with Crippen LogP contribution in [0.3, 0.4) is 0 Å². The molecule has 0 fully saturated rings. The fraction of sp³-hybridized carbons (Fsp3) is 0.286. The highest BCUT2D eigenvalue weighted by Gasteiger charge is 2.10. The second-order valence-electron chi connectivity index (χ2n) is 4.01. The van der Waals surface area contributed by atoms with Gasteiger partial charge >= 0.3 is 0 Å². The molecule has 19 heavy (non-hydrogen) atoms. The van der Waals surface area contributed by atoms with E-state index in [0.29, 0.717) is 13.2 Å². The molecule has 0 spiro atoms. The second kappa shape index (κ2) is 6.93. The van der Waals surface area contributed by atoms with E-state index in [1.165, 1.54) is 0 Å². The van der Waals surface area contributed by atoms with Crippen LogP contribution in [-0.2, 0) is 13.0 Å². The highest BCUT2D eigenvalue weighted by molar-refractivity contribution is 9.10.